The van der Waals surface area contributed by atoms with E-state index < -0.39 is 0 Å². The molecule has 1 amide bonds. The van der Waals surface area contributed by atoms with Gasteiger partial charge in [0, 0.05) is 50.1 Å². The van der Waals surface area contributed by atoms with Gasteiger partial charge in [-0.05, 0) is 42.3 Å². The number of benzene rings is 1. The maximum atomic E-state index is 13.1. The molecule has 7 heteroatoms. The maximum Gasteiger partial charge on any atom is 0.255 e. The molecule has 144 valence electrons. The van der Waals surface area contributed by atoms with Crippen LogP contribution in [0.2, 0.25) is 10.0 Å². The minimum atomic E-state index is -0.0875. The first-order valence-electron chi connectivity index (χ1n) is 9.07. The van der Waals surface area contributed by atoms with Gasteiger partial charge in [0.2, 0.25) is 0 Å². The van der Waals surface area contributed by atoms with E-state index in [-0.39, 0.29) is 5.91 Å². The highest BCUT2D eigenvalue weighted by Crippen LogP contribution is 2.23. The molecule has 0 N–H and O–H groups in total. The lowest BCUT2D eigenvalue weighted by Crippen LogP contribution is -2.39. The van der Waals surface area contributed by atoms with Crippen molar-refractivity contribution in [3.63, 3.8) is 0 Å². The summed E-state index contributed by atoms with van der Waals surface area (Å²) >= 11 is 12.2. The second-order valence-electron chi connectivity index (χ2n) is 6.51. The Kier molecular flexibility index (Phi) is 7.47. The lowest BCUT2D eigenvalue weighted by Gasteiger charge is -2.28. The molecule has 0 bridgehead atoms. The normalized spacial score (nSPS) is 14.9. The van der Waals surface area contributed by atoms with Gasteiger partial charge >= 0.3 is 0 Å². The second-order valence-corrected chi connectivity index (χ2v) is 7.36. The number of halogens is 2. The zero-order chi connectivity index (χ0) is 19.1. The van der Waals surface area contributed by atoms with Crippen LogP contribution < -0.4 is 0 Å². The minimum absolute atomic E-state index is 0.0875. The van der Waals surface area contributed by atoms with E-state index in [1.54, 1.807) is 30.6 Å². The summed E-state index contributed by atoms with van der Waals surface area (Å²) in [6, 6.07) is 8.83. The van der Waals surface area contributed by atoms with Crippen LogP contribution in [-0.4, -0.2) is 60.1 Å². The predicted molar refractivity (Wildman–Crippen MR) is 107 cm³/mol. The van der Waals surface area contributed by atoms with Gasteiger partial charge in [0.1, 0.15) is 0 Å². The zero-order valence-electron chi connectivity index (χ0n) is 15.1. The van der Waals surface area contributed by atoms with Crippen LogP contribution in [0.15, 0.2) is 42.7 Å². The van der Waals surface area contributed by atoms with Crippen molar-refractivity contribution >= 4 is 29.1 Å². The molecule has 2 aromatic rings. The van der Waals surface area contributed by atoms with E-state index in [1.165, 1.54) is 0 Å². The van der Waals surface area contributed by atoms with E-state index in [9.17, 15) is 4.79 Å². The maximum absolute atomic E-state index is 13.1. The van der Waals surface area contributed by atoms with E-state index in [2.05, 4.69) is 9.88 Å². The Hall–Kier alpha value is -1.66. The number of carbonyl (C=O) groups excluding carboxylic acids is 1. The molecule has 0 saturated carbocycles. The van der Waals surface area contributed by atoms with E-state index in [1.807, 2.05) is 17.0 Å². The Morgan fingerprint density at radius 2 is 1.89 bits per heavy atom. The summed E-state index contributed by atoms with van der Waals surface area (Å²) in [6.07, 6.45) is 4.37. The fourth-order valence-electron chi connectivity index (χ4n) is 3.10. The molecular weight excluding hydrogens is 385 g/mol. The number of amides is 1. The fourth-order valence-corrected chi connectivity index (χ4v) is 3.59. The third-order valence-electron chi connectivity index (χ3n) is 4.58. The van der Waals surface area contributed by atoms with Gasteiger partial charge in [0.05, 0.1) is 23.8 Å². The number of nitrogens with zero attached hydrogens (tertiary/aromatic N) is 3. The lowest BCUT2D eigenvalue weighted by molar-refractivity contribution is 0.0355. The summed E-state index contributed by atoms with van der Waals surface area (Å²) in [5.74, 6) is -0.0875. The molecule has 1 fully saturated rings. The van der Waals surface area contributed by atoms with Gasteiger partial charge in [-0.2, -0.15) is 0 Å². The standard InChI is InChI=1S/C20H23Cl2N3O2/c21-17-2-3-18(19(22)14-17)20(26)25(15-16-4-6-23-7-5-16)9-1-8-24-10-12-27-13-11-24/h2-7,14H,1,8-13,15H2. The average molecular weight is 408 g/mol. The van der Waals surface area contributed by atoms with Crippen LogP contribution in [0, 0.1) is 0 Å². The summed E-state index contributed by atoms with van der Waals surface area (Å²) in [7, 11) is 0. The van der Waals surface area contributed by atoms with Crippen molar-refractivity contribution in [1.82, 2.24) is 14.8 Å². The quantitative estimate of drug-likeness (QED) is 0.700. The monoisotopic (exact) mass is 407 g/mol. The topological polar surface area (TPSA) is 45.7 Å². The van der Waals surface area contributed by atoms with Crippen LogP contribution in [0.5, 0.6) is 0 Å². The third-order valence-corrected chi connectivity index (χ3v) is 5.13. The first kappa shape index (κ1) is 20.1. The summed E-state index contributed by atoms with van der Waals surface area (Å²) in [6.45, 7) is 5.56. The van der Waals surface area contributed by atoms with Crippen molar-refractivity contribution in [2.45, 2.75) is 13.0 Å². The van der Waals surface area contributed by atoms with Gasteiger partial charge in [-0.3, -0.25) is 14.7 Å². The van der Waals surface area contributed by atoms with Crippen molar-refractivity contribution in [3.05, 3.63) is 63.9 Å². The molecule has 5 nitrogen and oxygen atoms in total. The van der Waals surface area contributed by atoms with E-state index in [4.69, 9.17) is 27.9 Å². The SMILES string of the molecule is O=C(c1ccc(Cl)cc1Cl)N(CCCN1CCOCC1)Cc1ccncc1. The van der Waals surface area contributed by atoms with Crippen molar-refractivity contribution in [2.75, 3.05) is 39.4 Å². The van der Waals surface area contributed by atoms with Crippen LogP contribution in [-0.2, 0) is 11.3 Å². The van der Waals surface area contributed by atoms with Crippen LogP contribution >= 0.6 is 23.2 Å². The third kappa shape index (κ3) is 5.91. The molecule has 0 atom stereocenters. The second kappa shape index (κ2) is 10.0. The fraction of sp³-hybridized carbons (Fsp3) is 0.400. The number of ether oxygens (including phenoxy) is 1. The number of hydrogen-bond acceptors (Lipinski definition) is 4. The molecule has 1 saturated heterocycles. The smallest absolute Gasteiger partial charge is 0.255 e. The van der Waals surface area contributed by atoms with E-state index in [0.717, 1.165) is 44.8 Å². The number of pyridine rings is 1. The molecule has 2 heterocycles. The Bertz CT molecular complexity index is 752. The molecule has 1 aliphatic heterocycles. The van der Waals surface area contributed by atoms with Crippen LogP contribution in [0.4, 0.5) is 0 Å². The molecule has 0 spiro atoms. The Balaban J connectivity index is 1.69. The van der Waals surface area contributed by atoms with Gasteiger partial charge in [-0.25, -0.2) is 0 Å². The lowest BCUT2D eigenvalue weighted by atomic mass is 10.1. The van der Waals surface area contributed by atoms with Crippen LogP contribution in [0.1, 0.15) is 22.3 Å². The zero-order valence-corrected chi connectivity index (χ0v) is 16.6. The number of hydrogen-bond donors (Lipinski definition) is 0. The molecular formula is C20H23Cl2N3O2. The Morgan fingerprint density at radius 1 is 1.15 bits per heavy atom. The van der Waals surface area contributed by atoms with E-state index in [0.29, 0.717) is 28.7 Å². The molecule has 1 aromatic carbocycles. The van der Waals surface area contributed by atoms with Gasteiger partial charge in [-0.15, -0.1) is 0 Å². The number of carbonyl (C=O) groups is 1. The Labute approximate surface area is 169 Å². The van der Waals surface area contributed by atoms with Crippen molar-refractivity contribution in [1.29, 1.82) is 0 Å². The predicted octanol–water partition coefficient (Wildman–Crippen LogP) is 3.75. The molecule has 0 unspecified atom stereocenters. The van der Waals surface area contributed by atoms with Gasteiger partial charge < -0.3 is 9.64 Å². The molecule has 27 heavy (non-hydrogen) atoms. The molecule has 3 rings (SSSR count). The summed E-state index contributed by atoms with van der Waals surface area (Å²) < 4.78 is 5.39. The highest BCUT2D eigenvalue weighted by molar-refractivity contribution is 6.36. The van der Waals surface area contributed by atoms with Crippen molar-refractivity contribution in [2.24, 2.45) is 0 Å². The first-order valence-corrected chi connectivity index (χ1v) is 9.82. The Morgan fingerprint density at radius 3 is 2.59 bits per heavy atom. The van der Waals surface area contributed by atoms with Gasteiger partial charge in [0.15, 0.2) is 0 Å². The number of morpholine rings is 1. The number of rotatable bonds is 7. The highest BCUT2D eigenvalue weighted by Gasteiger charge is 2.19. The van der Waals surface area contributed by atoms with E-state index >= 15 is 0 Å². The molecule has 1 aliphatic rings. The van der Waals surface area contributed by atoms with Gasteiger partial charge in [0.25, 0.3) is 5.91 Å². The van der Waals surface area contributed by atoms with Crippen LogP contribution in [0.3, 0.4) is 0 Å². The summed E-state index contributed by atoms with van der Waals surface area (Å²) in [5, 5.41) is 0.893. The van der Waals surface area contributed by atoms with Crippen molar-refractivity contribution < 1.29 is 9.53 Å². The van der Waals surface area contributed by atoms with Crippen LogP contribution in [0.25, 0.3) is 0 Å². The minimum Gasteiger partial charge on any atom is -0.379 e. The first-order chi connectivity index (χ1) is 13.1. The summed E-state index contributed by atoms with van der Waals surface area (Å²) in [4.78, 5) is 21.4. The molecule has 0 aliphatic carbocycles. The van der Waals surface area contributed by atoms with Gasteiger partial charge in [-0.1, -0.05) is 23.2 Å². The largest absolute Gasteiger partial charge is 0.379 e. The number of aromatic nitrogens is 1. The van der Waals surface area contributed by atoms with Crippen molar-refractivity contribution in [3.8, 4) is 0 Å². The summed E-state index contributed by atoms with van der Waals surface area (Å²) in [5.41, 5.74) is 1.51. The average Bonchev–Trinajstić information content (AvgIpc) is 2.68. The molecule has 1 aromatic heterocycles. The highest BCUT2D eigenvalue weighted by atomic mass is 35.5. The molecule has 0 radical (unpaired) electrons.